The van der Waals surface area contributed by atoms with Crippen molar-refractivity contribution in [2.75, 3.05) is 5.32 Å². The summed E-state index contributed by atoms with van der Waals surface area (Å²) in [5.41, 5.74) is -0.0759. The maximum Gasteiger partial charge on any atom is 0.413 e. The van der Waals surface area contributed by atoms with Crippen molar-refractivity contribution in [3.8, 4) is 0 Å². The fraction of sp³-hybridized carbons (Fsp3) is 0.333. The molecule has 0 bridgehead atoms. The van der Waals surface area contributed by atoms with Crippen LogP contribution in [0.5, 0.6) is 0 Å². The van der Waals surface area contributed by atoms with Crippen LogP contribution >= 0.6 is 15.9 Å². The van der Waals surface area contributed by atoms with E-state index in [0.717, 1.165) is 0 Å². The molecule has 7 heteroatoms. The van der Waals surface area contributed by atoms with Crippen LogP contribution in [0.1, 0.15) is 26.3 Å². The van der Waals surface area contributed by atoms with Gasteiger partial charge < -0.3 is 4.74 Å². The van der Waals surface area contributed by atoms with Crippen LogP contribution < -0.4 is 5.32 Å². The summed E-state index contributed by atoms with van der Waals surface area (Å²) in [5.74, 6) is 0.0290. The maximum atomic E-state index is 13.6. The molecule has 0 unspecified atom stereocenters. The van der Waals surface area contributed by atoms with E-state index in [2.05, 4.69) is 26.3 Å². The van der Waals surface area contributed by atoms with Gasteiger partial charge in [-0.15, -0.1) is 0 Å². The predicted octanol–water partition coefficient (Wildman–Crippen LogP) is 4.18. The Kier molecular flexibility index (Phi) is 4.85. The van der Waals surface area contributed by atoms with Crippen molar-refractivity contribution in [2.45, 2.75) is 32.9 Å². The van der Waals surface area contributed by atoms with Gasteiger partial charge in [-0.1, -0.05) is 18.2 Å². The first-order valence-electron chi connectivity index (χ1n) is 6.71. The average molecular weight is 370 g/mol. The number of rotatable bonds is 3. The third kappa shape index (κ3) is 4.56. The Bertz CT molecular complexity index is 680. The van der Waals surface area contributed by atoms with E-state index in [9.17, 15) is 9.18 Å². The van der Waals surface area contributed by atoms with Gasteiger partial charge in [-0.25, -0.2) is 9.18 Å². The third-order valence-electron chi connectivity index (χ3n) is 2.63. The van der Waals surface area contributed by atoms with E-state index in [4.69, 9.17) is 4.74 Å². The monoisotopic (exact) mass is 369 g/mol. The molecule has 0 aliphatic rings. The molecule has 5 nitrogen and oxygen atoms in total. The van der Waals surface area contributed by atoms with Gasteiger partial charge in [0.05, 0.1) is 11.0 Å². The van der Waals surface area contributed by atoms with Crippen molar-refractivity contribution in [2.24, 2.45) is 0 Å². The Labute approximate surface area is 136 Å². The lowest BCUT2D eigenvalue weighted by Gasteiger charge is -2.19. The molecule has 0 aliphatic heterocycles. The number of halogens is 2. The summed E-state index contributed by atoms with van der Waals surface area (Å²) in [6.45, 7) is 5.59. The van der Waals surface area contributed by atoms with E-state index in [0.29, 0.717) is 15.9 Å². The largest absolute Gasteiger partial charge is 0.444 e. The van der Waals surface area contributed by atoms with Crippen LogP contribution in [0.15, 0.2) is 34.9 Å². The van der Waals surface area contributed by atoms with E-state index >= 15 is 0 Å². The number of hydrogen-bond acceptors (Lipinski definition) is 3. The molecule has 1 heterocycles. The summed E-state index contributed by atoms with van der Waals surface area (Å²) >= 11 is 3.31. The van der Waals surface area contributed by atoms with Crippen LogP contribution in [-0.4, -0.2) is 21.5 Å². The van der Waals surface area contributed by atoms with E-state index in [1.165, 1.54) is 10.7 Å². The standard InChI is InChI=1S/C15H17BrFN3O2/c1-15(2,3)22-14(21)18-13-11(16)9-20(19-13)8-10-6-4-5-7-12(10)17/h4-7,9H,8H2,1-3H3,(H,18,19,21). The summed E-state index contributed by atoms with van der Waals surface area (Å²) in [7, 11) is 0. The van der Waals surface area contributed by atoms with Gasteiger partial charge in [0.15, 0.2) is 5.82 Å². The molecule has 0 saturated carbocycles. The molecule has 2 rings (SSSR count). The van der Waals surface area contributed by atoms with Gasteiger partial charge in [-0.2, -0.15) is 5.10 Å². The van der Waals surface area contributed by atoms with Gasteiger partial charge in [0, 0.05) is 11.8 Å². The molecular formula is C15H17BrFN3O2. The summed E-state index contributed by atoms with van der Waals surface area (Å²) < 4.78 is 20.9. The SMILES string of the molecule is CC(C)(C)OC(=O)Nc1nn(Cc2ccccc2F)cc1Br. The molecular weight excluding hydrogens is 353 g/mol. The fourth-order valence-corrected chi connectivity index (χ4v) is 2.18. The van der Waals surface area contributed by atoms with Crippen molar-refractivity contribution in [1.82, 2.24) is 9.78 Å². The van der Waals surface area contributed by atoms with E-state index in [1.807, 2.05) is 0 Å². The number of benzene rings is 1. The predicted molar refractivity (Wildman–Crippen MR) is 85.3 cm³/mol. The first kappa shape index (κ1) is 16.5. The number of amides is 1. The van der Waals surface area contributed by atoms with Crippen LogP contribution in [-0.2, 0) is 11.3 Å². The van der Waals surface area contributed by atoms with Crippen molar-refractivity contribution in [3.63, 3.8) is 0 Å². The van der Waals surface area contributed by atoms with Gasteiger partial charge in [-0.3, -0.25) is 10.00 Å². The van der Waals surface area contributed by atoms with Crippen molar-refractivity contribution < 1.29 is 13.9 Å². The Morgan fingerprint density at radius 2 is 2.09 bits per heavy atom. The Hall–Kier alpha value is -1.89. The number of aromatic nitrogens is 2. The smallest absolute Gasteiger partial charge is 0.413 e. The average Bonchev–Trinajstić information content (AvgIpc) is 2.70. The Morgan fingerprint density at radius 1 is 1.41 bits per heavy atom. The summed E-state index contributed by atoms with van der Waals surface area (Å²) in [6, 6.07) is 6.48. The molecule has 2 aromatic rings. The van der Waals surface area contributed by atoms with Crippen LogP contribution in [0.3, 0.4) is 0 Å². The first-order valence-corrected chi connectivity index (χ1v) is 7.50. The van der Waals surface area contributed by atoms with Crippen molar-refractivity contribution in [1.29, 1.82) is 0 Å². The van der Waals surface area contributed by atoms with Crippen LogP contribution in [0.2, 0.25) is 0 Å². The molecule has 0 atom stereocenters. The van der Waals surface area contributed by atoms with Gasteiger partial charge in [0.1, 0.15) is 11.4 Å². The number of carbonyl (C=O) groups is 1. The molecule has 118 valence electrons. The highest BCUT2D eigenvalue weighted by molar-refractivity contribution is 9.10. The number of anilines is 1. The topological polar surface area (TPSA) is 56.1 Å². The van der Waals surface area contributed by atoms with Crippen LogP contribution in [0.25, 0.3) is 0 Å². The summed E-state index contributed by atoms with van der Waals surface area (Å²) in [4.78, 5) is 11.7. The van der Waals surface area contributed by atoms with Gasteiger partial charge in [-0.05, 0) is 42.8 Å². The van der Waals surface area contributed by atoms with E-state index in [-0.39, 0.29) is 12.4 Å². The van der Waals surface area contributed by atoms with Crippen LogP contribution in [0, 0.1) is 5.82 Å². The number of carbonyl (C=O) groups excluding carboxylic acids is 1. The van der Waals surface area contributed by atoms with Gasteiger partial charge in [0.25, 0.3) is 0 Å². The minimum absolute atomic E-state index is 0.265. The molecule has 1 N–H and O–H groups in total. The van der Waals surface area contributed by atoms with Gasteiger partial charge in [0.2, 0.25) is 0 Å². The van der Waals surface area contributed by atoms with Gasteiger partial charge >= 0.3 is 6.09 Å². The third-order valence-corrected chi connectivity index (χ3v) is 3.21. The lowest BCUT2D eigenvalue weighted by molar-refractivity contribution is 0.0635. The second-order valence-electron chi connectivity index (χ2n) is 5.74. The van der Waals surface area contributed by atoms with E-state index < -0.39 is 11.7 Å². The molecule has 0 aliphatic carbocycles. The zero-order valence-corrected chi connectivity index (χ0v) is 14.1. The molecule has 1 amide bonds. The number of nitrogens with zero attached hydrogens (tertiary/aromatic N) is 2. The molecule has 1 aromatic carbocycles. The molecule has 0 spiro atoms. The highest BCUT2D eigenvalue weighted by Crippen LogP contribution is 2.22. The zero-order valence-electron chi connectivity index (χ0n) is 12.6. The Balaban J connectivity index is 2.08. The molecule has 0 fully saturated rings. The second kappa shape index (κ2) is 6.48. The lowest BCUT2D eigenvalue weighted by atomic mass is 10.2. The zero-order chi connectivity index (χ0) is 16.3. The summed E-state index contributed by atoms with van der Waals surface area (Å²) in [5, 5.41) is 6.76. The normalized spacial score (nSPS) is 11.3. The van der Waals surface area contributed by atoms with E-state index in [1.54, 1.807) is 45.2 Å². The second-order valence-corrected chi connectivity index (χ2v) is 6.60. The maximum absolute atomic E-state index is 13.6. The fourth-order valence-electron chi connectivity index (χ4n) is 1.76. The Morgan fingerprint density at radius 3 is 2.73 bits per heavy atom. The molecule has 22 heavy (non-hydrogen) atoms. The molecule has 1 aromatic heterocycles. The first-order chi connectivity index (χ1) is 10.2. The van der Waals surface area contributed by atoms with Crippen molar-refractivity contribution >= 4 is 27.8 Å². The number of hydrogen-bond donors (Lipinski definition) is 1. The lowest BCUT2D eigenvalue weighted by Crippen LogP contribution is -2.27. The number of nitrogens with one attached hydrogen (secondary N) is 1. The van der Waals surface area contributed by atoms with Crippen LogP contribution in [0.4, 0.5) is 15.0 Å². The minimum atomic E-state index is -0.593. The quantitative estimate of drug-likeness (QED) is 0.882. The summed E-state index contributed by atoms with van der Waals surface area (Å²) in [6.07, 6.45) is 1.07. The molecule has 0 saturated heterocycles. The number of ether oxygens (including phenoxy) is 1. The van der Waals surface area contributed by atoms with Crippen molar-refractivity contribution in [3.05, 3.63) is 46.3 Å². The highest BCUT2D eigenvalue weighted by Gasteiger charge is 2.18. The highest BCUT2D eigenvalue weighted by atomic mass is 79.9. The molecule has 0 radical (unpaired) electrons. The minimum Gasteiger partial charge on any atom is -0.444 e.